The number of hydrogen-bond acceptors (Lipinski definition) is 1. The molecule has 1 amide bonds. The van der Waals surface area contributed by atoms with Gasteiger partial charge in [-0.25, -0.2) is 0 Å². The quantitative estimate of drug-likeness (QED) is 0.584. The van der Waals surface area contributed by atoms with Crippen molar-refractivity contribution in [3.05, 3.63) is 35.9 Å². The Labute approximate surface area is 123 Å². The van der Waals surface area contributed by atoms with Gasteiger partial charge in [0.1, 0.15) is 0 Å². The monoisotopic (exact) mass is 357 g/mol. The van der Waals surface area contributed by atoms with Crippen LogP contribution in [0.3, 0.4) is 0 Å². The van der Waals surface area contributed by atoms with Gasteiger partial charge in [-0.15, -0.1) is 0 Å². The maximum Gasteiger partial charge on any atom is 0.226 e. The number of nitrogens with zero attached hydrogens (tertiary/aromatic N) is 1. The van der Waals surface area contributed by atoms with E-state index in [0.717, 1.165) is 30.4 Å². The molecule has 1 heterocycles. The van der Waals surface area contributed by atoms with E-state index >= 15 is 0 Å². The summed E-state index contributed by atoms with van der Waals surface area (Å²) in [6, 6.07) is 10.3. The third-order valence-corrected chi connectivity index (χ3v) is 4.80. The zero-order valence-electron chi connectivity index (χ0n) is 10.8. The van der Waals surface area contributed by atoms with Gasteiger partial charge < -0.3 is 4.90 Å². The number of amides is 1. The number of hydrogen-bond donors (Lipinski definition) is 0. The molecule has 2 atom stereocenters. The largest absolute Gasteiger partial charge is 0.338 e. The topological polar surface area (TPSA) is 20.3 Å². The van der Waals surface area contributed by atoms with Gasteiger partial charge >= 0.3 is 0 Å². The molecule has 0 aromatic heterocycles. The molecule has 98 valence electrons. The smallest absolute Gasteiger partial charge is 0.226 e. The molecule has 2 nitrogen and oxygen atoms in total. The summed E-state index contributed by atoms with van der Waals surface area (Å²) < 4.78 is 1.08. The van der Waals surface area contributed by atoms with Crippen LogP contribution in [0, 0.1) is 11.8 Å². The summed E-state index contributed by atoms with van der Waals surface area (Å²) >= 11 is 2.42. The Morgan fingerprint density at radius 2 is 2.06 bits per heavy atom. The van der Waals surface area contributed by atoms with Gasteiger partial charge in [-0.3, -0.25) is 4.79 Å². The predicted octanol–water partition coefficient (Wildman–Crippen LogP) is 3.50. The van der Waals surface area contributed by atoms with Crippen molar-refractivity contribution in [2.24, 2.45) is 11.8 Å². The summed E-state index contributed by atoms with van der Waals surface area (Å²) in [4.78, 5) is 14.4. The van der Waals surface area contributed by atoms with E-state index in [1.807, 2.05) is 23.1 Å². The molecule has 0 saturated carbocycles. The van der Waals surface area contributed by atoms with Crippen LogP contribution in [0.2, 0.25) is 0 Å². The minimum Gasteiger partial charge on any atom is -0.338 e. The molecule has 1 aromatic carbocycles. The molecule has 0 bridgehead atoms. The molecular formula is C15H20INO. The van der Waals surface area contributed by atoms with Gasteiger partial charge in [0.05, 0.1) is 0 Å². The highest BCUT2D eigenvalue weighted by molar-refractivity contribution is 14.1. The second-order valence-corrected chi connectivity index (χ2v) is 5.89. The Morgan fingerprint density at radius 1 is 1.33 bits per heavy atom. The van der Waals surface area contributed by atoms with Gasteiger partial charge in [0.2, 0.25) is 5.91 Å². The fraction of sp³-hybridized carbons (Fsp3) is 0.533. The van der Waals surface area contributed by atoms with Crippen molar-refractivity contribution < 1.29 is 4.79 Å². The van der Waals surface area contributed by atoms with Gasteiger partial charge in [0.15, 0.2) is 0 Å². The molecule has 0 unspecified atom stereocenters. The highest BCUT2D eigenvalue weighted by Gasteiger charge is 2.38. The van der Waals surface area contributed by atoms with Crippen molar-refractivity contribution in [2.75, 3.05) is 11.0 Å². The summed E-state index contributed by atoms with van der Waals surface area (Å²) in [5, 5.41) is 0. The Bertz CT molecular complexity index is 393. The van der Waals surface area contributed by atoms with E-state index in [2.05, 4.69) is 41.6 Å². The van der Waals surface area contributed by atoms with E-state index in [4.69, 9.17) is 0 Å². The number of carbonyl (C=O) groups is 1. The number of benzene rings is 1. The molecule has 1 saturated heterocycles. The van der Waals surface area contributed by atoms with Crippen LogP contribution in [0.4, 0.5) is 0 Å². The first-order valence-corrected chi connectivity index (χ1v) is 8.17. The average Bonchev–Trinajstić information content (AvgIpc) is 2.69. The van der Waals surface area contributed by atoms with Crippen molar-refractivity contribution in [3.8, 4) is 0 Å². The molecule has 1 fully saturated rings. The standard InChI is InChI=1S/C15H20INO/c1-2-6-14-13(9-16)11-17(15(14)18)10-12-7-4-3-5-8-12/h3-5,7-8,13-14H,2,6,9-11H2,1H3/t13-,14+/m1/s1. The number of likely N-dealkylation sites (tertiary alicyclic amines) is 1. The van der Waals surface area contributed by atoms with Crippen molar-refractivity contribution in [2.45, 2.75) is 26.3 Å². The van der Waals surface area contributed by atoms with Crippen LogP contribution in [0.25, 0.3) is 0 Å². The number of carbonyl (C=O) groups excluding carboxylic acids is 1. The second-order valence-electron chi connectivity index (χ2n) is 5.01. The summed E-state index contributed by atoms with van der Waals surface area (Å²) in [6.45, 7) is 3.87. The first-order chi connectivity index (χ1) is 8.76. The molecule has 0 radical (unpaired) electrons. The molecule has 2 rings (SSSR count). The average molecular weight is 357 g/mol. The van der Waals surface area contributed by atoms with Crippen LogP contribution in [-0.2, 0) is 11.3 Å². The maximum atomic E-state index is 12.4. The van der Waals surface area contributed by atoms with Gasteiger partial charge in [-0.1, -0.05) is 66.3 Å². The molecule has 1 aliphatic rings. The maximum absolute atomic E-state index is 12.4. The highest BCUT2D eigenvalue weighted by Crippen LogP contribution is 2.31. The third kappa shape index (κ3) is 3.05. The van der Waals surface area contributed by atoms with E-state index < -0.39 is 0 Å². The summed E-state index contributed by atoms with van der Waals surface area (Å²) in [5.74, 6) is 1.17. The first-order valence-electron chi connectivity index (χ1n) is 6.65. The Morgan fingerprint density at radius 3 is 2.67 bits per heavy atom. The minimum absolute atomic E-state index is 0.260. The zero-order chi connectivity index (χ0) is 13.0. The van der Waals surface area contributed by atoms with Gasteiger partial charge in [-0.2, -0.15) is 0 Å². The van der Waals surface area contributed by atoms with Crippen LogP contribution < -0.4 is 0 Å². The fourth-order valence-electron chi connectivity index (χ4n) is 2.71. The van der Waals surface area contributed by atoms with Crippen LogP contribution in [0.15, 0.2) is 30.3 Å². The van der Waals surface area contributed by atoms with Crippen molar-refractivity contribution in [1.29, 1.82) is 0 Å². The summed E-state index contributed by atoms with van der Waals surface area (Å²) in [7, 11) is 0. The van der Waals surface area contributed by atoms with Crippen LogP contribution in [-0.4, -0.2) is 21.8 Å². The van der Waals surface area contributed by atoms with E-state index in [0.29, 0.717) is 11.8 Å². The van der Waals surface area contributed by atoms with Crippen LogP contribution >= 0.6 is 22.6 Å². The lowest BCUT2D eigenvalue weighted by atomic mass is 9.93. The Balaban J connectivity index is 2.04. The lowest BCUT2D eigenvalue weighted by Crippen LogP contribution is -2.26. The molecule has 1 aliphatic heterocycles. The summed E-state index contributed by atoms with van der Waals surface area (Å²) in [6.07, 6.45) is 2.14. The van der Waals surface area contributed by atoms with Gasteiger partial charge in [0, 0.05) is 23.4 Å². The van der Waals surface area contributed by atoms with E-state index in [-0.39, 0.29) is 5.92 Å². The number of alkyl halides is 1. The Hall–Kier alpha value is -0.580. The Kier molecular flexibility index (Phi) is 5.03. The third-order valence-electron chi connectivity index (χ3n) is 3.67. The molecule has 1 aromatic rings. The van der Waals surface area contributed by atoms with Crippen molar-refractivity contribution in [3.63, 3.8) is 0 Å². The number of halogens is 1. The first kappa shape index (κ1) is 13.8. The second kappa shape index (κ2) is 6.55. The molecule has 0 N–H and O–H groups in total. The fourth-order valence-corrected chi connectivity index (χ4v) is 3.60. The molecule has 18 heavy (non-hydrogen) atoms. The molecule has 0 aliphatic carbocycles. The van der Waals surface area contributed by atoms with Crippen molar-refractivity contribution in [1.82, 2.24) is 4.90 Å². The van der Waals surface area contributed by atoms with Gasteiger partial charge in [-0.05, 0) is 17.9 Å². The highest BCUT2D eigenvalue weighted by atomic mass is 127. The van der Waals surface area contributed by atoms with E-state index in [1.54, 1.807) is 0 Å². The van der Waals surface area contributed by atoms with E-state index in [1.165, 1.54) is 5.56 Å². The normalized spacial score (nSPS) is 23.7. The number of rotatable bonds is 5. The minimum atomic E-state index is 0.260. The zero-order valence-corrected chi connectivity index (χ0v) is 13.0. The van der Waals surface area contributed by atoms with Crippen LogP contribution in [0.1, 0.15) is 25.3 Å². The van der Waals surface area contributed by atoms with E-state index in [9.17, 15) is 4.79 Å². The van der Waals surface area contributed by atoms with Crippen LogP contribution in [0.5, 0.6) is 0 Å². The molecule has 0 spiro atoms. The lowest BCUT2D eigenvalue weighted by molar-refractivity contribution is -0.131. The SMILES string of the molecule is CCC[C@@H]1C(=O)N(Cc2ccccc2)C[C@H]1CI. The predicted molar refractivity (Wildman–Crippen MR) is 82.6 cm³/mol. The summed E-state index contributed by atoms with van der Waals surface area (Å²) in [5.41, 5.74) is 1.23. The molecular weight excluding hydrogens is 337 g/mol. The lowest BCUT2D eigenvalue weighted by Gasteiger charge is -2.16. The van der Waals surface area contributed by atoms with Crippen molar-refractivity contribution >= 4 is 28.5 Å². The van der Waals surface area contributed by atoms with Gasteiger partial charge in [0.25, 0.3) is 0 Å². The molecule has 3 heteroatoms.